The van der Waals surface area contributed by atoms with Gasteiger partial charge in [-0.1, -0.05) is 12.1 Å². The lowest BCUT2D eigenvalue weighted by Gasteiger charge is -2.22. The van der Waals surface area contributed by atoms with Gasteiger partial charge in [-0.25, -0.2) is 4.98 Å². The summed E-state index contributed by atoms with van der Waals surface area (Å²) in [5.41, 5.74) is 8.23. The predicted octanol–water partition coefficient (Wildman–Crippen LogP) is 2.56. The van der Waals surface area contributed by atoms with E-state index in [4.69, 9.17) is 11.0 Å². The van der Waals surface area contributed by atoms with E-state index in [9.17, 15) is 0 Å². The van der Waals surface area contributed by atoms with E-state index in [1.807, 2.05) is 24.3 Å². The van der Waals surface area contributed by atoms with E-state index < -0.39 is 0 Å². The highest BCUT2D eigenvalue weighted by molar-refractivity contribution is 5.46. The molecule has 0 unspecified atom stereocenters. The van der Waals surface area contributed by atoms with Crippen molar-refractivity contribution in [2.75, 3.05) is 17.2 Å². The van der Waals surface area contributed by atoms with Crippen molar-refractivity contribution in [1.29, 1.82) is 5.26 Å². The number of nitrogens with two attached hydrogens (primary N) is 1. The van der Waals surface area contributed by atoms with E-state index in [1.54, 1.807) is 18.3 Å². The van der Waals surface area contributed by atoms with E-state index in [2.05, 4.69) is 22.9 Å². The second-order valence-corrected chi connectivity index (χ2v) is 4.27. The topological polar surface area (TPSA) is 65.9 Å². The predicted molar refractivity (Wildman–Crippen MR) is 76.5 cm³/mol. The summed E-state index contributed by atoms with van der Waals surface area (Å²) in [7, 11) is 0. The summed E-state index contributed by atoms with van der Waals surface area (Å²) >= 11 is 0. The van der Waals surface area contributed by atoms with Crippen LogP contribution in [0.5, 0.6) is 0 Å². The summed E-state index contributed by atoms with van der Waals surface area (Å²) in [4.78, 5) is 6.44. The Morgan fingerprint density at radius 3 is 2.63 bits per heavy atom. The van der Waals surface area contributed by atoms with Crippen LogP contribution in [0.3, 0.4) is 0 Å². The van der Waals surface area contributed by atoms with E-state index in [-0.39, 0.29) is 0 Å². The van der Waals surface area contributed by atoms with Gasteiger partial charge < -0.3 is 10.6 Å². The zero-order chi connectivity index (χ0) is 13.7. The zero-order valence-electron chi connectivity index (χ0n) is 10.9. The summed E-state index contributed by atoms with van der Waals surface area (Å²) in [6.45, 7) is 3.64. The summed E-state index contributed by atoms with van der Waals surface area (Å²) < 4.78 is 0. The molecular weight excluding hydrogens is 236 g/mol. The molecule has 0 saturated carbocycles. The minimum Gasteiger partial charge on any atom is -0.399 e. The van der Waals surface area contributed by atoms with Crippen molar-refractivity contribution < 1.29 is 0 Å². The third-order valence-corrected chi connectivity index (χ3v) is 2.93. The fraction of sp³-hybridized carbons (Fsp3) is 0.200. The first-order valence-electron chi connectivity index (χ1n) is 6.18. The van der Waals surface area contributed by atoms with Crippen LogP contribution >= 0.6 is 0 Å². The minimum atomic E-state index is 0.626. The molecule has 19 heavy (non-hydrogen) atoms. The first kappa shape index (κ1) is 12.9. The lowest BCUT2D eigenvalue weighted by Crippen LogP contribution is -2.23. The molecule has 0 saturated heterocycles. The number of rotatable bonds is 4. The van der Waals surface area contributed by atoms with Crippen LogP contribution in [0.2, 0.25) is 0 Å². The van der Waals surface area contributed by atoms with Gasteiger partial charge in [-0.15, -0.1) is 0 Å². The molecule has 4 nitrogen and oxygen atoms in total. The van der Waals surface area contributed by atoms with Crippen LogP contribution in [0.4, 0.5) is 11.5 Å². The highest BCUT2D eigenvalue weighted by Crippen LogP contribution is 2.16. The Balaban J connectivity index is 2.20. The van der Waals surface area contributed by atoms with Gasteiger partial charge in [-0.2, -0.15) is 5.26 Å². The molecule has 0 radical (unpaired) electrons. The molecule has 0 amide bonds. The fourth-order valence-corrected chi connectivity index (χ4v) is 1.86. The summed E-state index contributed by atoms with van der Waals surface area (Å²) in [6.07, 6.45) is 1.67. The van der Waals surface area contributed by atoms with Gasteiger partial charge in [-0.05, 0) is 36.8 Å². The molecule has 1 aromatic carbocycles. The number of nitriles is 1. The Bertz CT molecular complexity index is 584. The first-order chi connectivity index (χ1) is 9.22. The average Bonchev–Trinajstić information content (AvgIpc) is 2.46. The fourth-order valence-electron chi connectivity index (χ4n) is 1.86. The Kier molecular flexibility index (Phi) is 3.99. The Morgan fingerprint density at radius 1 is 1.26 bits per heavy atom. The molecule has 0 bridgehead atoms. The Labute approximate surface area is 113 Å². The molecular formula is C15H16N4. The molecule has 96 valence electrons. The molecule has 2 rings (SSSR count). The van der Waals surface area contributed by atoms with Gasteiger partial charge in [0.25, 0.3) is 0 Å². The number of benzene rings is 1. The molecule has 1 heterocycles. The number of hydrogen-bond acceptors (Lipinski definition) is 4. The van der Waals surface area contributed by atoms with Crippen molar-refractivity contribution in [2.24, 2.45) is 0 Å². The SMILES string of the molecule is CCN(Cc1ccc(N)cc1)c1cc(C#N)ccn1. The van der Waals surface area contributed by atoms with Gasteiger partial charge in [-0.3, -0.25) is 0 Å². The quantitative estimate of drug-likeness (QED) is 0.849. The lowest BCUT2D eigenvalue weighted by atomic mass is 10.2. The van der Waals surface area contributed by atoms with Crippen LogP contribution in [0.1, 0.15) is 18.1 Å². The van der Waals surface area contributed by atoms with Crippen molar-refractivity contribution in [3.05, 3.63) is 53.7 Å². The number of anilines is 2. The van der Waals surface area contributed by atoms with E-state index in [1.165, 1.54) is 5.56 Å². The second kappa shape index (κ2) is 5.87. The highest BCUT2D eigenvalue weighted by atomic mass is 15.2. The van der Waals surface area contributed by atoms with Crippen LogP contribution in [0.15, 0.2) is 42.6 Å². The van der Waals surface area contributed by atoms with Crippen LogP contribution in [-0.4, -0.2) is 11.5 Å². The smallest absolute Gasteiger partial charge is 0.130 e. The molecule has 2 N–H and O–H groups in total. The number of hydrogen-bond donors (Lipinski definition) is 1. The largest absolute Gasteiger partial charge is 0.399 e. The maximum atomic E-state index is 8.93. The van der Waals surface area contributed by atoms with E-state index in [0.717, 1.165) is 24.6 Å². The molecule has 0 aliphatic heterocycles. The third kappa shape index (κ3) is 3.23. The molecule has 0 atom stereocenters. The van der Waals surface area contributed by atoms with Gasteiger partial charge in [0.1, 0.15) is 5.82 Å². The van der Waals surface area contributed by atoms with Gasteiger partial charge in [0.05, 0.1) is 11.6 Å². The van der Waals surface area contributed by atoms with Gasteiger partial charge >= 0.3 is 0 Å². The third-order valence-electron chi connectivity index (χ3n) is 2.93. The second-order valence-electron chi connectivity index (χ2n) is 4.27. The Morgan fingerprint density at radius 2 is 2.00 bits per heavy atom. The Hall–Kier alpha value is -2.54. The lowest BCUT2D eigenvalue weighted by molar-refractivity contribution is 0.813. The number of nitrogens with zero attached hydrogens (tertiary/aromatic N) is 3. The molecule has 0 aliphatic rings. The number of pyridine rings is 1. The number of nitrogen functional groups attached to an aromatic ring is 1. The summed E-state index contributed by atoms with van der Waals surface area (Å²) in [5, 5.41) is 8.93. The molecule has 0 aliphatic carbocycles. The van der Waals surface area contributed by atoms with Crippen molar-refractivity contribution in [3.8, 4) is 6.07 Å². The molecule has 2 aromatic rings. The van der Waals surface area contributed by atoms with Crippen molar-refractivity contribution in [3.63, 3.8) is 0 Å². The first-order valence-corrected chi connectivity index (χ1v) is 6.18. The van der Waals surface area contributed by atoms with Crippen LogP contribution in [0.25, 0.3) is 0 Å². The van der Waals surface area contributed by atoms with Crippen LogP contribution in [0, 0.1) is 11.3 Å². The van der Waals surface area contributed by atoms with Crippen LogP contribution < -0.4 is 10.6 Å². The summed E-state index contributed by atoms with van der Waals surface area (Å²) in [5.74, 6) is 0.818. The van der Waals surface area contributed by atoms with E-state index >= 15 is 0 Å². The zero-order valence-corrected chi connectivity index (χ0v) is 10.9. The van der Waals surface area contributed by atoms with Gasteiger partial charge in [0.15, 0.2) is 0 Å². The standard InChI is InChI=1S/C15H16N4/c1-2-19(11-12-3-5-14(17)6-4-12)15-9-13(10-16)7-8-18-15/h3-9H,2,11,17H2,1H3. The van der Waals surface area contributed by atoms with Crippen molar-refractivity contribution in [2.45, 2.75) is 13.5 Å². The highest BCUT2D eigenvalue weighted by Gasteiger charge is 2.07. The van der Waals surface area contributed by atoms with Crippen molar-refractivity contribution >= 4 is 11.5 Å². The number of aromatic nitrogens is 1. The van der Waals surface area contributed by atoms with Crippen LogP contribution in [-0.2, 0) is 6.54 Å². The van der Waals surface area contributed by atoms with Gasteiger partial charge in [0, 0.05) is 25.0 Å². The normalized spacial score (nSPS) is 9.89. The maximum Gasteiger partial charge on any atom is 0.130 e. The molecule has 4 heteroatoms. The van der Waals surface area contributed by atoms with E-state index in [0.29, 0.717) is 5.56 Å². The average molecular weight is 252 g/mol. The maximum absolute atomic E-state index is 8.93. The monoisotopic (exact) mass is 252 g/mol. The summed E-state index contributed by atoms with van der Waals surface area (Å²) in [6, 6.07) is 13.4. The molecule has 1 aromatic heterocycles. The molecule has 0 fully saturated rings. The van der Waals surface area contributed by atoms with Gasteiger partial charge in [0.2, 0.25) is 0 Å². The van der Waals surface area contributed by atoms with Crippen molar-refractivity contribution in [1.82, 2.24) is 4.98 Å². The molecule has 0 spiro atoms. The minimum absolute atomic E-state index is 0.626.